The Hall–Kier alpha value is -3.28. The van der Waals surface area contributed by atoms with Crippen LogP contribution in [0.3, 0.4) is 0 Å². The highest BCUT2D eigenvalue weighted by atomic mass is 35.5. The molecule has 3 aromatic rings. The topological polar surface area (TPSA) is 132 Å². The van der Waals surface area contributed by atoms with Gasteiger partial charge in [0.15, 0.2) is 5.75 Å². The smallest absolute Gasteiger partial charge is 0.296 e. The highest BCUT2D eigenvalue weighted by molar-refractivity contribution is 7.88. The van der Waals surface area contributed by atoms with Crippen LogP contribution in [0.2, 0.25) is 5.02 Å². The molecule has 0 aliphatic heterocycles. The average molecular weight is 737 g/mol. The van der Waals surface area contributed by atoms with Gasteiger partial charge in [0.1, 0.15) is 11.8 Å². The van der Waals surface area contributed by atoms with E-state index in [2.05, 4.69) is 4.72 Å². The van der Waals surface area contributed by atoms with Gasteiger partial charge in [0.2, 0.25) is 10.0 Å². The SMILES string of the molecule is Cc1ccc(S(=O)(=O)OCCC(F)(F)CCOc2c(Cl)cc(C(C)(C)c3ccc(OCC45CC(NS(C)(=O)=O)(C4)C5)cc3)cc2C#N)cc1. The predicted molar refractivity (Wildman–Crippen MR) is 181 cm³/mol. The molecular formula is C35H39ClF2N2O7S2. The van der Waals surface area contributed by atoms with Crippen molar-refractivity contribution in [2.24, 2.45) is 5.41 Å². The molecule has 49 heavy (non-hydrogen) atoms. The standard InChI is InChI=1S/C35H39ClF2N2O7S2/c1-24-5-11-29(12-6-24)49(43,44)47-16-14-35(37,38)13-15-45-31-25(19-39)17-27(18-30(31)36)32(2,3)26-7-9-28(10-8-26)46-23-33-20-34(21-33,22-33)40-48(4,41)42/h5-12,17-18,40H,13-16,20-23H2,1-4H3. The molecule has 6 rings (SSSR count). The molecule has 3 aliphatic rings. The molecule has 0 spiro atoms. The van der Waals surface area contributed by atoms with E-state index in [0.29, 0.717) is 17.9 Å². The molecule has 0 radical (unpaired) electrons. The number of nitrogens with one attached hydrogen (secondary N) is 1. The molecule has 1 N–H and O–H groups in total. The van der Waals surface area contributed by atoms with Gasteiger partial charge in [0.05, 0.1) is 41.6 Å². The van der Waals surface area contributed by atoms with Crippen LogP contribution in [0, 0.1) is 23.7 Å². The monoisotopic (exact) mass is 736 g/mol. The first-order valence-electron chi connectivity index (χ1n) is 15.7. The molecule has 3 aromatic carbocycles. The summed E-state index contributed by atoms with van der Waals surface area (Å²) in [5, 5.41) is 9.96. The third-order valence-electron chi connectivity index (χ3n) is 9.28. The van der Waals surface area contributed by atoms with Gasteiger partial charge in [0.25, 0.3) is 16.0 Å². The van der Waals surface area contributed by atoms with Gasteiger partial charge in [-0.05, 0) is 73.7 Å². The van der Waals surface area contributed by atoms with Crippen LogP contribution < -0.4 is 14.2 Å². The number of ether oxygens (including phenoxy) is 2. The lowest BCUT2D eigenvalue weighted by Gasteiger charge is -2.69. The maximum atomic E-state index is 14.6. The highest BCUT2D eigenvalue weighted by Crippen LogP contribution is 2.67. The van der Waals surface area contributed by atoms with E-state index in [1.54, 1.807) is 31.2 Å². The third-order valence-corrected chi connectivity index (χ3v) is 11.7. The van der Waals surface area contributed by atoms with Crippen molar-refractivity contribution in [2.75, 3.05) is 26.1 Å². The fraction of sp³-hybridized carbons (Fsp3) is 0.457. The van der Waals surface area contributed by atoms with E-state index in [0.717, 1.165) is 30.4 Å². The Labute approximate surface area is 291 Å². The largest absolute Gasteiger partial charge is 0.493 e. The second-order valence-electron chi connectivity index (χ2n) is 13.9. The van der Waals surface area contributed by atoms with Crippen molar-refractivity contribution in [3.8, 4) is 17.6 Å². The zero-order valence-corrected chi connectivity index (χ0v) is 30.1. The molecule has 0 atom stereocenters. The van der Waals surface area contributed by atoms with Crippen LogP contribution in [0.1, 0.15) is 68.2 Å². The molecule has 0 heterocycles. The number of hydrogen-bond donors (Lipinski definition) is 1. The lowest BCUT2D eigenvalue weighted by atomic mass is 9.40. The van der Waals surface area contributed by atoms with Gasteiger partial charge in [-0.15, -0.1) is 0 Å². The summed E-state index contributed by atoms with van der Waals surface area (Å²) in [6.07, 6.45) is 1.87. The molecule has 264 valence electrons. The third kappa shape index (κ3) is 8.55. The Bertz CT molecular complexity index is 1940. The van der Waals surface area contributed by atoms with Crippen LogP contribution in [0.25, 0.3) is 0 Å². The number of sulfonamides is 1. The minimum atomic E-state index is -4.17. The van der Waals surface area contributed by atoms with Gasteiger partial charge in [-0.3, -0.25) is 4.18 Å². The van der Waals surface area contributed by atoms with Crippen LogP contribution >= 0.6 is 11.6 Å². The first-order chi connectivity index (χ1) is 22.8. The second kappa shape index (κ2) is 13.5. The quantitative estimate of drug-likeness (QED) is 0.157. The lowest BCUT2D eigenvalue weighted by Crippen LogP contribution is -2.76. The van der Waals surface area contributed by atoms with Gasteiger partial charge in [-0.25, -0.2) is 21.9 Å². The molecule has 2 bridgehead atoms. The lowest BCUT2D eigenvalue weighted by molar-refractivity contribution is -0.162. The Morgan fingerprint density at radius 2 is 1.53 bits per heavy atom. The molecule has 3 fully saturated rings. The van der Waals surface area contributed by atoms with Crippen LogP contribution in [0.15, 0.2) is 65.6 Å². The van der Waals surface area contributed by atoms with Gasteiger partial charge < -0.3 is 9.47 Å². The number of nitrogens with zero attached hydrogens (tertiary/aromatic N) is 1. The zero-order valence-electron chi connectivity index (χ0n) is 27.7. The molecule has 3 saturated carbocycles. The summed E-state index contributed by atoms with van der Waals surface area (Å²) >= 11 is 6.53. The van der Waals surface area contributed by atoms with E-state index < -0.39 is 57.5 Å². The summed E-state index contributed by atoms with van der Waals surface area (Å²) in [5.41, 5.74) is 1.65. The Morgan fingerprint density at radius 3 is 2.12 bits per heavy atom. The predicted octanol–water partition coefficient (Wildman–Crippen LogP) is 6.90. The zero-order chi connectivity index (χ0) is 35.9. The number of hydrogen-bond acceptors (Lipinski definition) is 8. The van der Waals surface area contributed by atoms with E-state index >= 15 is 0 Å². The van der Waals surface area contributed by atoms with Crippen molar-refractivity contribution in [2.45, 2.75) is 74.6 Å². The molecule has 0 aromatic heterocycles. The fourth-order valence-corrected chi connectivity index (χ4v) is 8.89. The van der Waals surface area contributed by atoms with Crippen molar-refractivity contribution in [1.29, 1.82) is 5.26 Å². The fourth-order valence-electron chi connectivity index (χ4n) is 6.71. The van der Waals surface area contributed by atoms with E-state index in [1.165, 1.54) is 18.4 Å². The molecule has 9 nitrogen and oxygen atoms in total. The summed E-state index contributed by atoms with van der Waals surface area (Å²) in [5.74, 6) is -2.62. The number of benzene rings is 3. The van der Waals surface area contributed by atoms with Gasteiger partial charge >= 0.3 is 0 Å². The number of aryl methyl sites for hydroxylation is 1. The normalized spacial score (nSPS) is 20.5. The number of alkyl halides is 2. The first-order valence-corrected chi connectivity index (χ1v) is 19.4. The summed E-state index contributed by atoms with van der Waals surface area (Å²) < 4.78 is 96.1. The van der Waals surface area contributed by atoms with Crippen LogP contribution in [-0.4, -0.2) is 54.4 Å². The summed E-state index contributed by atoms with van der Waals surface area (Å²) in [6.45, 7) is 5.05. The summed E-state index contributed by atoms with van der Waals surface area (Å²) in [6, 6.07) is 18.8. The van der Waals surface area contributed by atoms with Gasteiger partial charge in [-0.1, -0.05) is 55.3 Å². The van der Waals surface area contributed by atoms with Crippen molar-refractivity contribution in [3.63, 3.8) is 0 Å². The van der Waals surface area contributed by atoms with Crippen molar-refractivity contribution in [3.05, 3.63) is 87.9 Å². The summed E-state index contributed by atoms with van der Waals surface area (Å²) in [4.78, 5) is -0.112. The van der Waals surface area contributed by atoms with Crippen molar-refractivity contribution < 1.29 is 39.3 Å². The Morgan fingerprint density at radius 1 is 0.918 bits per heavy atom. The minimum absolute atomic E-state index is 0.000709. The van der Waals surface area contributed by atoms with Gasteiger partial charge in [0, 0.05) is 29.2 Å². The van der Waals surface area contributed by atoms with E-state index in [-0.39, 0.29) is 32.2 Å². The maximum absolute atomic E-state index is 14.6. The van der Waals surface area contributed by atoms with E-state index in [1.807, 2.05) is 44.2 Å². The van der Waals surface area contributed by atoms with Crippen LogP contribution in [0.4, 0.5) is 8.78 Å². The second-order valence-corrected chi connectivity index (χ2v) is 17.6. The molecule has 0 unspecified atom stereocenters. The molecule has 3 aliphatic carbocycles. The number of halogens is 3. The Kier molecular flexibility index (Phi) is 10.2. The highest BCUT2D eigenvalue weighted by Gasteiger charge is 2.69. The maximum Gasteiger partial charge on any atom is 0.296 e. The molecular weight excluding hydrogens is 698 g/mol. The average Bonchev–Trinajstić information content (AvgIpc) is 2.97. The van der Waals surface area contributed by atoms with Crippen molar-refractivity contribution in [1.82, 2.24) is 4.72 Å². The van der Waals surface area contributed by atoms with Crippen LogP contribution in [0.5, 0.6) is 11.5 Å². The molecule has 0 saturated heterocycles. The minimum Gasteiger partial charge on any atom is -0.493 e. The molecule has 14 heteroatoms. The van der Waals surface area contributed by atoms with Crippen molar-refractivity contribution >= 4 is 31.7 Å². The molecule has 0 amide bonds. The van der Waals surface area contributed by atoms with E-state index in [4.69, 9.17) is 25.3 Å². The number of nitriles is 1. The first kappa shape index (κ1) is 37.0. The Balaban J connectivity index is 1.14. The van der Waals surface area contributed by atoms with Crippen LogP contribution in [-0.2, 0) is 29.7 Å². The summed E-state index contributed by atoms with van der Waals surface area (Å²) in [7, 11) is -7.42. The van der Waals surface area contributed by atoms with E-state index in [9.17, 15) is 30.9 Å². The number of rotatable bonds is 16. The van der Waals surface area contributed by atoms with Gasteiger partial charge in [-0.2, -0.15) is 13.7 Å².